The Morgan fingerprint density at radius 2 is 1.64 bits per heavy atom. The SMILES string of the molecule is CC(=O)c1c(C)[nH]c(C(=O)COC(=O)c2ccc3nc(C)c(C)nc3c2)c1C. The number of ketones is 2. The van der Waals surface area contributed by atoms with Gasteiger partial charge in [0.1, 0.15) is 0 Å². The Hall–Kier alpha value is -3.35. The van der Waals surface area contributed by atoms with Gasteiger partial charge in [-0.15, -0.1) is 0 Å². The van der Waals surface area contributed by atoms with Crippen LogP contribution >= 0.6 is 0 Å². The molecule has 0 amide bonds. The number of esters is 1. The number of benzene rings is 1. The first-order valence-corrected chi connectivity index (χ1v) is 8.84. The second-order valence-corrected chi connectivity index (χ2v) is 6.78. The van der Waals surface area contributed by atoms with Crippen molar-refractivity contribution in [1.29, 1.82) is 0 Å². The minimum Gasteiger partial charge on any atom is -0.454 e. The van der Waals surface area contributed by atoms with E-state index in [9.17, 15) is 14.4 Å². The summed E-state index contributed by atoms with van der Waals surface area (Å²) in [5, 5.41) is 0. The highest BCUT2D eigenvalue weighted by molar-refractivity contribution is 6.04. The lowest BCUT2D eigenvalue weighted by Gasteiger charge is -2.06. The van der Waals surface area contributed by atoms with Crippen molar-refractivity contribution in [2.24, 2.45) is 0 Å². The average Bonchev–Trinajstić information content (AvgIpc) is 2.94. The van der Waals surface area contributed by atoms with Gasteiger partial charge in [-0.2, -0.15) is 0 Å². The molecule has 28 heavy (non-hydrogen) atoms. The smallest absolute Gasteiger partial charge is 0.338 e. The minimum absolute atomic E-state index is 0.120. The molecule has 0 fully saturated rings. The quantitative estimate of drug-likeness (QED) is 0.538. The molecule has 0 aliphatic carbocycles. The van der Waals surface area contributed by atoms with E-state index in [-0.39, 0.29) is 11.5 Å². The first-order chi connectivity index (χ1) is 13.2. The molecule has 0 aliphatic rings. The van der Waals surface area contributed by atoms with Crippen molar-refractivity contribution in [3.63, 3.8) is 0 Å². The predicted octanol–water partition coefficient (Wildman–Crippen LogP) is 3.43. The molecule has 0 spiro atoms. The number of aromatic amines is 1. The van der Waals surface area contributed by atoms with Crippen LogP contribution in [-0.4, -0.2) is 39.1 Å². The number of carbonyl (C=O) groups is 3. The molecular weight excluding hydrogens is 358 g/mol. The van der Waals surface area contributed by atoms with E-state index >= 15 is 0 Å². The summed E-state index contributed by atoms with van der Waals surface area (Å²) in [5.41, 5.74) is 5.15. The maximum atomic E-state index is 12.4. The van der Waals surface area contributed by atoms with E-state index in [2.05, 4.69) is 15.0 Å². The average molecular weight is 379 g/mol. The lowest BCUT2D eigenvalue weighted by Crippen LogP contribution is -2.15. The third-order valence-corrected chi connectivity index (χ3v) is 4.71. The Morgan fingerprint density at radius 1 is 1.00 bits per heavy atom. The third kappa shape index (κ3) is 3.55. The van der Waals surface area contributed by atoms with Gasteiger partial charge in [-0.3, -0.25) is 9.59 Å². The number of hydrogen-bond acceptors (Lipinski definition) is 6. The van der Waals surface area contributed by atoms with Crippen LogP contribution in [0.25, 0.3) is 11.0 Å². The molecule has 0 bridgehead atoms. The van der Waals surface area contributed by atoms with Gasteiger partial charge in [0.15, 0.2) is 12.4 Å². The summed E-state index contributed by atoms with van der Waals surface area (Å²) in [4.78, 5) is 48.3. The van der Waals surface area contributed by atoms with E-state index in [0.717, 1.165) is 11.4 Å². The summed E-state index contributed by atoms with van der Waals surface area (Å²) < 4.78 is 5.17. The van der Waals surface area contributed by atoms with Crippen LogP contribution < -0.4 is 0 Å². The lowest BCUT2D eigenvalue weighted by atomic mass is 10.1. The van der Waals surface area contributed by atoms with Crippen LogP contribution in [-0.2, 0) is 4.74 Å². The molecule has 2 aromatic heterocycles. The Kier molecular flexibility index (Phi) is 5.09. The zero-order chi connectivity index (χ0) is 20.6. The number of ether oxygens (including phenoxy) is 1. The van der Waals surface area contributed by atoms with Crippen molar-refractivity contribution in [1.82, 2.24) is 15.0 Å². The lowest BCUT2D eigenvalue weighted by molar-refractivity contribution is 0.0473. The van der Waals surface area contributed by atoms with Crippen molar-refractivity contribution in [2.75, 3.05) is 6.61 Å². The Balaban J connectivity index is 1.76. The number of aromatic nitrogens is 3. The molecule has 7 heteroatoms. The topological polar surface area (TPSA) is 102 Å². The molecule has 144 valence electrons. The van der Waals surface area contributed by atoms with Crippen molar-refractivity contribution in [3.8, 4) is 0 Å². The normalized spacial score (nSPS) is 10.9. The number of nitrogens with zero attached hydrogens (tertiary/aromatic N) is 2. The van der Waals surface area contributed by atoms with Gasteiger partial charge in [-0.25, -0.2) is 14.8 Å². The van der Waals surface area contributed by atoms with Gasteiger partial charge in [0.2, 0.25) is 5.78 Å². The monoisotopic (exact) mass is 379 g/mol. The summed E-state index contributed by atoms with van der Waals surface area (Å²) in [7, 11) is 0. The van der Waals surface area contributed by atoms with Gasteiger partial charge < -0.3 is 9.72 Å². The summed E-state index contributed by atoms with van der Waals surface area (Å²) in [6.07, 6.45) is 0. The Bertz CT molecular complexity index is 1130. The fourth-order valence-corrected chi connectivity index (χ4v) is 3.20. The highest BCUT2D eigenvalue weighted by atomic mass is 16.5. The van der Waals surface area contributed by atoms with Crippen LogP contribution in [0.2, 0.25) is 0 Å². The number of nitrogens with one attached hydrogen (secondary N) is 1. The van der Waals surface area contributed by atoms with Crippen LogP contribution in [0.4, 0.5) is 0 Å². The van der Waals surface area contributed by atoms with Crippen molar-refractivity contribution >= 4 is 28.6 Å². The van der Waals surface area contributed by atoms with Crippen molar-refractivity contribution in [2.45, 2.75) is 34.6 Å². The van der Waals surface area contributed by atoms with E-state index in [1.165, 1.54) is 6.92 Å². The molecule has 0 saturated heterocycles. The van der Waals surface area contributed by atoms with Crippen LogP contribution in [0.1, 0.15) is 60.8 Å². The van der Waals surface area contributed by atoms with Crippen molar-refractivity contribution < 1.29 is 19.1 Å². The molecule has 7 nitrogen and oxygen atoms in total. The van der Waals surface area contributed by atoms with Crippen molar-refractivity contribution in [3.05, 3.63) is 57.7 Å². The Morgan fingerprint density at radius 3 is 2.25 bits per heavy atom. The van der Waals surface area contributed by atoms with E-state index in [4.69, 9.17) is 4.74 Å². The van der Waals surface area contributed by atoms with E-state index < -0.39 is 18.4 Å². The molecule has 0 unspecified atom stereocenters. The standard InChI is InChI=1S/C21H21N3O4/c1-10-19(14(5)25)13(4)24-20(10)18(26)9-28-21(27)15-6-7-16-17(8-15)23-12(3)11(2)22-16/h6-8,24H,9H2,1-5H3. The predicted molar refractivity (Wildman–Crippen MR) is 104 cm³/mol. The van der Waals surface area contributed by atoms with Gasteiger partial charge in [-0.1, -0.05) is 0 Å². The highest BCUT2D eigenvalue weighted by Gasteiger charge is 2.21. The molecule has 0 aliphatic heterocycles. The molecule has 1 aromatic carbocycles. The van der Waals surface area contributed by atoms with Crippen LogP contribution in [0.3, 0.4) is 0 Å². The number of fused-ring (bicyclic) bond motifs is 1. The number of H-pyrrole nitrogens is 1. The molecule has 3 aromatic rings. The summed E-state index contributed by atoms with van der Waals surface area (Å²) in [6, 6.07) is 4.89. The van der Waals surface area contributed by atoms with Crippen LogP contribution in [0.5, 0.6) is 0 Å². The highest BCUT2D eigenvalue weighted by Crippen LogP contribution is 2.19. The zero-order valence-corrected chi connectivity index (χ0v) is 16.5. The van der Waals surface area contributed by atoms with E-state index in [1.807, 2.05) is 13.8 Å². The minimum atomic E-state index is -0.622. The molecule has 0 atom stereocenters. The Labute approximate surface area is 162 Å². The molecule has 2 heterocycles. The largest absolute Gasteiger partial charge is 0.454 e. The number of aryl methyl sites for hydroxylation is 3. The molecular formula is C21H21N3O4. The first kappa shape index (κ1) is 19.4. The van der Waals surface area contributed by atoms with E-state index in [1.54, 1.807) is 32.0 Å². The summed E-state index contributed by atoms with van der Waals surface area (Å²) in [5.74, 6) is -1.14. The molecule has 0 radical (unpaired) electrons. The summed E-state index contributed by atoms with van der Waals surface area (Å²) >= 11 is 0. The third-order valence-electron chi connectivity index (χ3n) is 4.71. The van der Waals surface area contributed by atoms with Gasteiger partial charge in [0.05, 0.1) is 33.7 Å². The fraction of sp³-hybridized carbons (Fsp3) is 0.286. The summed E-state index contributed by atoms with van der Waals surface area (Å²) in [6.45, 7) is 8.17. The fourth-order valence-electron chi connectivity index (χ4n) is 3.20. The number of carbonyl (C=O) groups excluding carboxylic acids is 3. The second kappa shape index (κ2) is 7.34. The maximum Gasteiger partial charge on any atom is 0.338 e. The van der Waals surface area contributed by atoms with Crippen LogP contribution in [0.15, 0.2) is 18.2 Å². The van der Waals surface area contributed by atoms with Crippen LogP contribution in [0, 0.1) is 27.7 Å². The first-order valence-electron chi connectivity index (χ1n) is 8.84. The van der Waals surface area contributed by atoms with Gasteiger partial charge >= 0.3 is 5.97 Å². The van der Waals surface area contributed by atoms with Gasteiger partial charge in [-0.05, 0) is 58.4 Å². The van der Waals surface area contributed by atoms with E-state index in [0.29, 0.717) is 33.4 Å². The number of rotatable bonds is 5. The van der Waals surface area contributed by atoms with Gasteiger partial charge in [0.25, 0.3) is 0 Å². The molecule has 3 rings (SSSR count). The molecule has 1 N–H and O–H groups in total. The van der Waals surface area contributed by atoms with Gasteiger partial charge in [0, 0.05) is 11.3 Å². The second-order valence-electron chi connectivity index (χ2n) is 6.78. The molecule has 0 saturated carbocycles. The zero-order valence-electron chi connectivity index (χ0n) is 16.5. The number of hydrogen-bond donors (Lipinski definition) is 1. The maximum absolute atomic E-state index is 12.4. The number of Topliss-reactive ketones (excluding diaryl/α,β-unsaturated/α-hetero) is 2.